The number of nitrogens with zero attached hydrogens (tertiary/aromatic N) is 3. The molecule has 0 saturated carbocycles. The second kappa shape index (κ2) is 5.54. The van der Waals surface area contributed by atoms with Crippen molar-refractivity contribution in [2.45, 2.75) is 0 Å². The summed E-state index contributed by atoms with van der Waals surface area (Å²) in [6.07, 6.45) is 1.59. The summed E-state index contributed by atoms with van der Waals surface area (Å²) in [6.45, 7) is 3.01. The van der Waals surface area contributed by atoms with Crippen LogP contribution in [0.4, 0.5) is 5.69 Å². The SMILES string of the molecule is O=C(c1ccn[nH]1)N1CCN(c2cccc(Cl)c2)CC1. The Morgan fingerprint density at radius 2 is 2.00 bits per heavy atom. The van der Waals surface area contributed by atoms with E-state index in [1.165, 1.54) is 0 Å². The Balaban J connectivity index is 1.64. The van der Waals surface area contributed by atoms with Gasteiger partial charge in [-0.2, -0.15) is 5.10 Å². The molecule has 2 heterocycles. The number of H-pyrrole nitrogens is 1. The van der Waals surface area contributed by atoms with Crippen molar-refractivity contribution in [3.8, 4) is 0 Å². The van der Waals surface area contributed by atoms with E-state index in [0.717, 1.165) is 23.8 Å². The van der Waals surface area contributed by atoms with Crippen molar-refractivity contribution in [1.29, 1.82) is 0 Å². The summed E-state index contributed by atoms with van der Waals surface area (Å²) in [5.74, 6) is 0.00763. The van der Waals surface area contributed by atoms with Crippen LogP contribution in [0, 0.1) is 0 Å². The van der Waals surface area contributed by atoms with E-state index < -0.39 is 0 Å². The molecular formula is C14H15ClN4O. The minimum absolute atomic E-state index is 0.00763. The second-order valence-corrected chi connectivity index (χ2v) is 5.17. The number of carbonyl (C=O) groups is 1. The number of hydrogen-bond acceptors (Lipinski definition) is 3. The van der Waals surface area contributed by atoms with Crippen LogP contribution in [0.15, 0.2) is 36.5 Å². The van der Waals surface area contributed by atoms with E-state index in [1.807, 2.05) is 29.2 Å². The van der Waals surface area contributed by atoms with Crippen LogP contribution in [0.2, 0.25) is 5.02 Å². The van der Waals surface area contributed by atoms with E-state index in [4.69, 9.17) is 11.6 Å². The Labute approximate surface area is 122 Å². The smallest absolute Gasteiger partial charge is 0.271 e. The number of piperazine rings is 1. The number of aromatic nitrogens is 2. The van der Waals surface area contributed by atoms with Gasteiger partial charge >= 0.3 is 0 Å². The summed E-state index contributed by atoms with van der Waals surface area (Å²) in [4.78, 5) is 16.3. The van der Waals surface area contributed by atoms with Gasteiger partial charge in [0.2, 0.25) is 0 Å². The van der Waals surface area contributed by atoms with E-state index >= 15 is 0 Å². The maximum atomic E-state index is 12.2. The van der Waals surface area contributed by atoms with Gasteiger partial charge in [-0.1, -0.05) is 17.7 Å². The first-order chi connectivity index (χ1) is 9.74. The lowest BCUT2D eigenvalue weighted by Crippen LogP contribution is -2.48. The van der Waals surface area contributed by atoms with Crippen molar-refractivity contribution in [1.82, 2.24) is 15.1 Å². The fourth-order valence-electron chi connectivity index (χ4n) is 2.39. The normalized spacial score (nSPS) is 15.4. The van der Waals surface area contributed by atoms with Gasteiger partial charge in [0.1, 0.15) is 5.69 Å². The zero-order chi connectivity index (χ0) is 13.9. The summed E-state index contributed by atoms with van der Waals surface area (Å²) >= 11 is 6.01. The van der Waals surface area contributed by atoms with E-state index in [0.29, 0.717) is 18.8 Å². The third-order valence-corrected chi connectivity index (χ3v) is 3.71. The first kappa shape index (κ1) is 13.0. The molecule has 1 N–H and O–H groups in total. The molecule has 2 aromatic rings. The molecule has 1 aliphatic rings. The highest BCUT2D eigenvalue weighted by Gasteiger charge is 2.22. The van der Waals surface area contributed by atoms with E-state index in [1.54, 1.807) is 12.3 Å². The number of anilines is 1. The summed E-state index contributed by atoms with van der Waals surface area (Å²) in [7, 11) is 0. The van der Waals surface area contributed by atoms with Gasteiger partial charge in [-0.25, -0.2) is 0 Å². The van der Waals surface area contributed by atoms with Crippen LogP contribution in [-0.2, 0) is 0 Å². The largest absolute Gasteiger partial charge is 0.368 e. The number of aromatic amines is 1. The molecule has 0 radical (unpaired) electrons. The highest BCUT2D eigenvalue weighted by Crippen LogP contribution is 2.21. The Morgan fingerprint density at radius 1 is 1.20 bits per heavy atom. The first-order valence-corrected chi connectivity index (χ1v) is 6.91. The van der Waals surface area contributed by atoms with Gasteiger partial charge in [-0.05, 0) is 24.3 Å². The van der Waals surface area contributed by atoms with Crippen molar-refractivity contribution in [2.75, 3.05) is 31.1 Å². The number of halogens is 1. The van der Waals surface area contributed by atoms with Crippen molar-refractivity contribution in [3.05, 3.63) is 47.2 Å². The Kier molecular flexibility index (Phi) is 3.60. The van der Waals surface area contributed by atoms with Crippen molar-refractivity contribution >= 4 is 23.2 Å². The average molecular weight is 291 g/mol. The lowest BCUT2D eigenvalue weighted by Gasteiger charge is -2.36. The van der Waals surface area contributed by atoms with Crippen LogP contribution in [-0.4, -0.2) is 47.2 Å². The number of amides is 1. The third-order valence-electron chi connectivity index (χ3n) is 3.47. The monoisotopic (exact) mass is 290 g/mol. The van der Waals surface area contributed by atoms with Gasteiger partial charge in [0.25, 0.3) is 5.91 Å². The Hall–Kier alpha value is -2.01. The minimum Gasteiger partial charge on any atom is -0.368 e. The molecule has 5 nitrogen and oxygen atoms in total. The summed E-state index contributed by atoms with van der Waals surface area (Å²) in [5, 5.41) is 7.26. The van der Waals surface area contributed by atoms with Crippen LogP contribution in [0.3, 0.4) is 0 Å². The van der Waals surface area contributed by atoms with Gasteiger partial charge < -0.3 is 9.80 Å². The minimum atomic E-state index is 0.00763. The van der Waals surface area contributed by atoms with Crippen LogP contribution in [0.1, 0.15) is 10.5 Å². The van der Waals surface area contributed by atoms with Crippen LogP contribution < -0.4 is 4.90 Å². The standard InChI is InChI=1S/C14H15ClN4O/c15-11-2-1-3-12(10-11)18-6-8-19(9-7-18)14(20)13-4-5-16-17-13/h1-5,10H,6-9H2,(H,16,17). The lowest BCUT2D eigenvalue weighted by atomic mass is 10.2. The van der Waals surface area contributed by atoms with Crippen LogP contribution >= 0.6 is 11.6 Å². The maximum absolute atomic E-state index is 12.2. The highest BCUT2D eigenvalue weighted by molar-refractivity contribution is 6.30. The summed E-state index contributed by atoms with van der Waals surface area (Å²) in [6, 6.07) is 9.50. The van der Waals surface area contributed by atoms with Crippen LogP contribution in [0.5, 0.6) is 0 Å². The number of benzene rings is 1. The molecule has 6 heteroatoms. The van der Waals surface area contributed by atoms with E-state index in [9.17, 15) is 4.79 Å². The molecule has 20 heavy (non-hydrogen) atoms. The zero-order valence-electron chi connectivity index (χ0n) is 10.9. The predicted octanol–water partition coefficient (Wildman–Crippen LogP) is 2.03. The van der Waals surface area contributed by atoms with Gasteiger partial charge in [0.05, 0.1) is 0 Å². The molecule has 1 saturated heterocycles. The molecule has 0 spiro atoms. The van der Waals surface area contributed by atoms with Crippen LogP contribution in [0.25, 0.3) is 0 Å². The maximum Gasteiger partial charge on any atom is 0.271 e. The lowest BCUT2D eigenvalue weighted by molar-refractivity contribution is 0.0741. The Morgan fingerprint density at radius 3 is 2.65 bits per heavy atom. The molecule has 0 unspecified atom stereocenters. The Bertz CT molecular complexity index is 591. The molecule has 104 valence electrons. The van der Waals surface area contributed by atoms with Gasteiger partial charge in [-0.15, -0.1) is 0 Å². The number of nitrogens with one attached hydrogen (secondary N) is 1. The number of carbonyl (C=O) groups excluding carboxylic acids is 1. The molecule has 1 aliphatic heterocycles. The van der Waals surface area contributed by atoms with Gasteiger partial charge in [0, 0.05) is 43.1 Å². The van der Waals surface area contributed by atoms with Crippen molar-refractivity contribution in [2.24, 2.45) is 0 Å². The second-order valence-electron chi connectivity index (χ2n) is 4.73. The zero-order valence-corrected chi connectivity index (χ0v) is 11.7. The molecule has 1 aromatic heterocycles. The molecule has 0 aliphatic carbocycles. The molecule has 1 fully saturated rings. The number of rotatable bonds is 2. The molecule has 0 bridgehead atoms. The molecule has 0 atom stereocenters. The van der Waals surface area contributed by atoms with Gasteiger partial charge in [0.15, 0.2) is 0 Å². The third kappa shape index (κ3) is 2.63. The van der Waals surface area contributed by atoms with Crippen molar-refractivity contribution in [3.63, 3.8) is 0 Å². The highest BCUT2D eigenvalue weighted by atomic mass is 35.5. The predicted molar refractivity (Wildman–Crippen MR) is 78.2 cm³/mol. The molecule has 1 amide bonds. The van der Waals surface area contributed by atoms with Gasteiger partial charge in [-0.3, -0.25) is 9.89 Å². The quantitative estimate of drug-likeness (QED) is 0.921. The van der Waals surface area contributed by atoms with E-state index in [2.05, 4.69) is 15.1 Å². The average Bonchev–Trinajstić information content (AvgIpc) is 3.01. The first-order valence-electron chi connectivity index (χ1n) is 6.53. The fourth-order valence-corrected chi connectivity index (χ4v) is 2.57. The summed E-state index contributed by atoms with van der Waals surface area (Å²) in [5.41, 5.74) is 1.65. The fraction of sp³-hybridized carbons (Fsp3) is 0.286. The summed E-state index contributed by atoms with van der Waals surface area (Å²) < 4.78 is 0. The van der Waals surface area contributed by atoms with Crippen molar-refractivity contribution < 1.29 is 4.79 Å². The molecule has 1 aromatic carbocycles. The molecule has 3 rings (SSSR count). The topological polar surface area (TPSA) is 52.2 Å². The van der Waals surface area contributed by atoms with E-state index in [-0.39, 0.29) is 5.91 Å². The molecular weight excluding hydrogens is 276 g/mol. The number of hydrogen-bond donors (Lipinski definition) is 1.